The topological polar surface area (TPSA) is 36.4 Å². The van der Waals surface area contributed by atoms with Crippen LogP contribution in [0.2, 0.25) is 0 Å². The van der Waals surface area contributed by atoms with Crippen LogP contribution >= 0.6 is 24.0 Å². The van der Waals surface area contributed by atoms with Gasteiger partial charge in [-0.2, -0.15) is 0 Å². The largest absolute Gasteiger partial charge is 0.353 e. The maximum Gasteiger partial charge on any atom is 0.191 e. The molecule has 0 aliphatic heterocycles. The van der Waals surface area contributed by atoms with E-state index in [1.54, 1.807) is 13.1 Å². The third-order valence-electron chi connectivity index (χ3n) is 3.00. The van der Waals surface area contributed by atoms with Gasteiger partial charge in [0.2, 0.25) is 0 Å². The van der Waals surface area contributed by atoms with Crippen LogP contribution in [0.1, 0.15) is 18.9 Å². The molecule has 1 aromatic rings. The molecule has 1 saturated carbocycles. The minimum Gasteiger partial charge on any atom is -0.353 e. The molecule has 2 rings (SSSR count). The van der Waals surface area contributed by atoms with Crippen LogP contribution in [0.25, 0.3) is 0 Å². The molecular weight excluding hydrogens is 344 g/mol. The van der Waals surface area contributed by atoms with Crippen LogP contribution in [-0.2, 0) is 6.54 Å². The van der Waals surface area contributed by atoms with Crippen molar-refractivity contribution < 1.29 is 4.39 Å². The van der Waals surface area contributed by atoms with Gasteiger partial charge in [-0.05, 0) is 30.0 Å². The highest BCUT2D eigenvalue weighted by molar-refractivity contribution is 14.0. The SMILES string of the molecule is CN=C(NCc1cccc(F)c1)NC1CC1C.I. The van der Waals surface area contributed by atoms with E-state index < -0.39 is 0 Å². The van der Waals surface area contributed by atoms with Crippen molar-refractivity contribution in [3.63, 3.8) is 0 Å². The number of nitrogens with zero attached hydrogens (tertiary/aromatic N) is 1. The first-order valence-electron chi connectivity index (χ1n) is 5.90. The number of guanidine groups is 1. The van der Waals surface area contributed by atoms with Gasteiger partial charge < -0.3 is 10.6 Å². The quantitative estimate of drug-likeness (QED) is 0.492. The van der Waals surface area contributed by atoms with E-state index in [0.29, 0.717) is 12.6 Å². The minimum absolute atomic E-state index is 0. The van der Waals surface area contributed by atoms with Crippen LogP contribution < -0.4 is 10.6 Å². The molecule has 2 atom stereocenters. The lowest BCUT2D eigenvalue weighted by atomic mass is 10.2. The lowest BCUT2D eigenvalue weighted by Crippen LogP contribution is -2.38. The molecule has 3 nitrogen and oxygen atoms in total. The number of benzene rings is 1. The zero-order chi connectivity index (χ0) is 12.3. The minimum atomic E-state index is -0.205. The molecular formula is C13H19FIN3. The van der Waals surface area contributed by atoms with Crippen molar-refractivity contribution >= 4 is 29.9 Å². The van der Waals surface area contributed by atoms with E-state index in [-0.39, 0.29) is 29.8 Å². The van der Waals surface area contributed by atoms with Gasteiger partial charge in [0.15, 0.2) is 5.96 Å². The number of hydrogen-bond acceptors (Lipinski definition) is 1. The first kappa shape index (κ1) is 15.2. The molecule has 1 fully saturated rings. The summed E-state index contributed by atoms with van der Waals surface area (Å²) in [6.45, 7) is 2.79. The first-order chi connectivity index (χ1) is 8.19. The molecule has 100 valence electrons. The Morgan fingerprint density at radius 3 is 2.78 bits per heavy atom. The highest BCUT2D eigenvalue weighted by atomic mass is 127. The molecule has 0 spiro atoms. The molecule has 2 N–H and O–H groups in total. The normalized spacial score (nSPS) is 22.1. The van der Waals surface area contributed by atoms with Crippen molar-refractivity contribution in [1.82, 2.24) is 10.6 Å². The lowest BCUT2D eigenvalue weighted by Gasteiger charge is -2.11. The van der Waals surface area contributed by atoms with Gasteiger partial charge in [-0.15, -0.1) is 24.0 Å². The van der Waals surface area contributed by atoms with Gasteiger partial charge in [-0.25, -0.2) is 4.39 Å². The van der Waals surface area contributed by atoms with Crippen LogP contribution in [-0.4, -0.2) is 19.0 Å². The fourth-order valence-electron chi connectivity index (χ4n) is 1.73. The average molecular weight is 363 g/mol. The third-order valence-corrected chi connectivity index (χ3v) is 3.00. The number of hydrogen-bond donors (Lipinski definition) is 2. The van der Waals surface area contributed by atoms with Gasteiger partial charge in [0.05, 0.1) is 0 Å². The number of rotatable bonds is 3. The van der Waals surface area contributed by atoms with E-state index in [2.05, 4.69) is 22.5 Å². The highest BCUT2D eigenvalue weighted by Gasteiger charge is 2.33. The van der Waals surface area contributed by atoms with Crippen LogP contribution in [0, 0.1) is 11.7 Å². The van der Waals surface area contributed by atoms with E-state index in [9.17, 15) is 4.39 Å². The zero-order valence-electron chi connectivity index (χ0n) is 10.6. The van der Waals surface area contributed by atoms with Gasteiger partial charge >= 0.3 is 0 Å². The fraction of sp³-hybridized carbons (Fsp3) is 0.462. The molecule has 1 aromatic carbocycles. The fourth-order valence-corrected chi connectivity index (χ4v) is 1.73. The van der Waals surface area contributed by atoms with E-state index >= 15 is 0 Å². The van der Waals surface area contributed by atoms with Crippen LogP contribution in [0.15, 0.2) is 29.3 Å². The summed E-state index contributed by atoms with van der Waals surface area (Å²) in [5.41, 5.74) is 0.914. The average Bonchev–Trinajstić information content (AvgIpc) is 3.00. The third kappa shape index (κ3) is 4.44. The summed E-state index contributed by atoms with van der Waals surface area (Å²) in [6, 6.07) is 7.12. The molecule has 0 radical (unpaired) electrons. The van der Waals surface area contributed by atoms with E-state index in [1.807, 2.05) is 6.07 Å². The van der Waals surface area contributed by atoms with Crippen molar-refractivity contribution in [3.05, 3.63) is 35.6 Å². The predicted octanol–water partition coefficient (Wildman–Crippen LogP) is 2.52. The van der Waals surface area contributed by atoms with Crippen molar-refractivity contribution in [2.24, 2.45) is 10.9 Å². The Kier molecular flexibility index (Phi) is 5.84. The maximum atomic E-state index is 13.0. The molecule has 1 aliphatic rings. The van der Waals surface area contributed by atoms with Crippen LogP contribution in [0.3, 0.4) is 0 Å². The van der Waals surface area contributed by atoms with Gasteiger partial charge in [-0.3, -0.25) is 4.99 Å². The monoisotopic (exact) mass is 363 g/mol. The van der Waals surface area contributed by atoms with E-state index in [4.69, 9.17) is 0 Å². The molecule has 2 unspecified atom stereocenters. The Hall–Kier alpha value is -0.850. The Balaban J connectivity index is 0.00000162. The number of aliphatic imine (C=N–C) groups is 1. The van der Waals surface area contributed by atoms with E-state index in [1.165, 1.54) is 18.6 Å². The molecule has 0 amide bonds. The second kappa shape index (κ2) is 6.92. The summed E-state index contributed by atoms with van der Waals surface area (Å²) in [5.74, 6) is 1.30. The Bertz CT molecular complexity index is 422. The smallest absolute Gasteiger partial charge is 0.191 e. The zero-order valence-corrected chi connectivity index (χ0v) is 12.9. The van der Waals surface area contributed by atoms with Gasteiger partial charge in [0.1, 0.15) is 5.82 Å². The number of nitrogens with one attached hydrogen (secondary N) is 2. The van der Waals surface area contributed by atoms with Gasteiger partial charge in [0.25, 0.3) is 0 Å². The Morgan fingerprint density at radius 2 is 2.22 bits per heavy atom. The molecule has 18 heavy (non-hydrogen) atoms. The van der Waals surface area contributed by atoms with Gasteiger partial charge in [0, 0.05) is 19.6 Å². The molecule has 1 aliphatic carbocycles. The summed E-state index contributed by atoms with van der Waals surface area (Å²) in [5, 5.41) is 6.50. The summed E-state index contributed by atoms with van der Waals surface area (Å²) < 4.78 is 13.0. The summed E-state index contributed by atoms with van der Waals surface area (Å²) >= 11 is 0. The van der Waals surface area contributed by atoms with Crippen molar-refractivity contribution in [1.29, 1.82) is 0 Å². The second-order valence-electron chi connectivity index (χ2n) is 4.52. The molecule has 0 aromatic heterocycles. The summed E-state index contributed by atoms with van der Waals surface area (Å²) in [4.78, 5) is 4.14. The van der Waals surface area contributed by atoms with Crippen molar-refractivity contribution in [3.8, 4) is 0 Å². The van der Waals surface area contributed by atoms with Crippen molar-refractivity contribution in [2.45, 2.75) is 25.9 Å². The van der Waals surface area contributed by atoms with Crippen LogP contribution in [0.5, 0.6) is 0 Å². The van der Waals surface area contributed by atoms with Gasteiger partial charge in [-0.1, -0.05) is 19.1 Å². The molecule has 0 saturated heterocycles. The standard InChI is InChI=1S/C13H18FN3.HI/c1-9-6-12(9)17-13(15-2)16-8-10-4-3-5-11(14)7-10;/h3-5,7,9,12H,6,8H2,1-2H3,(H2,15,16,17);1H. The van der Waals surface area contributed by atoms with E-state index in [0.717, 1.165) is 17.4 Å². The highest BCUT2D eigenvalue weighted by Crippen LogP contribution is 2.28. The lowest BCUT2D eigenvalue weighted by molar-refractivity contribution is 0.624. The summed E-state index contributed by atoms with van der Waals surface area (Å²) in [6.07, 6.45) is 1.20. The predicted molar refractivity (Wildman–Crippen MR) is 82.7 cm³/mol. The first-order valence-corrected chi connectivity index (χ1v) is 5.90. The second-order valence-corrected chi connectivity index (χ2v) is 4.52. The molecule has 5 heteroatoms. The maximum absolute atomic E-state index is 13.0. The summed E-state index contributed by atoms with van der Waals surface area (Å²) in [7, 11) is 1.74. The molecule has 0 bridgehead atoms. The Morgan fingerprint density at radius 1 is 1.50 bits per heavy atom. The van der Waals surface area contributed by atoms with Crippen LogP contribution in [0.4, 0.5) is 4.39 Å². The molecule has 0 heterocycles. The van der Waals surface area contributed by atoms with Crippen molar-refractivity contribution in [2.75, 3.05) is 7.05 Å². The Labute approximate surface area is 124 Å². The number of halogens is 2.